The summed E-state index contributed by atoms with van der Waals surface area (Å²) in [5.41, 5.74) is 3.99. The van der Waals surface area contributed by atoms with Crippen molar-refractivity contribution >= 4 is 23.5 Å². The van der Waals surface area contributed by atoms with E-state index in [-0.39, 0.29) is 0 Å². The molecular weight excluding hydrogens is 274 g/mol. The molecule has 2 aliphatic rings. The van der Waals surface area contributed by atoms with Crippen LogP contribution in [0.25, 0.3) is 0 Å². The van der Waals surface area contributed by atoms with E-state index in [1.165, 1.54) is 34.2 Å². The molecule has 1 unspecified atom stereocenters. The Bertz CT molecular complexity index is 445. The SMILES string of the molecule is CCCc1nc(C2CSCCS2)nc2c1CNCC2. The van der Waals surface area contributed by atoms with Crippen molar-refractivity contribution in [3.05, 3.63) is 22.8 Å². The number of fused-ring (bicyclic) bond motifs is 1. The molecule has 3 rings (SSSR count). The lowest BCUT2D eigenvalue weighted by Crippen LogP contribution is -2.28. The van der Waals surface area contributed by atoms with Gasteiger partial charge in [-0.2, -0.15) is 11.8 Å². The Kier molecular flexibility index (Phi) is 4.66. The highest BCUT2D eigenvalue weighted by Crippen LogP contribution is 2.35. The topological polar surface area (TPSA) is 37.8 Å². The maximum absolute atomic E-state index is 4.91. The van der Waals surface area contributed by atoms with Crippen molar-refractivity contribution in [1.29, 1.82) is 0 Å². The van der Waals surface area contributed by atoms with Gasteiger partial charge >= 0.3 is 0 Å². The minimum Gasteiger partial charge on any atom is -0.312 e. The van der Waals surface area contributed by atoms with Gasteiger partial charge in [0.2, 0.25) is 0 Å². The molecule has 0 bridgehead atoms. The summed E-state index contributed by atoms with van der Waals surface area (Å²) in [4.78, 5) is 9.81. The smallest absolute Gasteiger partial charge is 0.142 e. The van der Waals surface area contributed by atoms with Crippen LogP contribution in [0.5, 0.6) is 0 Å². The first kappa shape index (κ1) is 13.7. The molecule has 3 heterocycles. The van der Waals surface area contributed by atoms with Crippen molar-refractivity contribution in [3.8, 4) is 0 Å². The maximum Gasteiger partial charge on any atom is 0.142 e. The number of hydrogen-bond acceptors (Lipinski definition) is 5. The van der Waals surface area contributed by atoms with Gasteiger partial charge in [-0.1, -0.05) is 13.3 Å². The molecule has 5 heteroatoms. The molecule has 1 saturated heterocycles. The lowest BCUT2D eigenvalue weighted by molar-refractivity contribution is 0.607. The molecule has 1 aromatic rings. The van der Waals surface area contributed by atoms with Gasteiger partial charge in [0.05, 0.1) is 10.9 Å². The molecule has 0 spiro atoms. The molecule has 0 aliphatic carbocycles. The molecule has 0 radical (unpaired) electrons. The molecule has 19 heavy (non-hydrogen) atoms. The molecule has 0 saturated carbocycles. The van der Waals surface area contributed by atoms with E-state index in [2.05, 4.69) is 12.2 Å². The predicted molar refractivity (Wildman–Crippen MR) is 84.0 cm³/mol. The van der Waals surface area contributed by atoms with Crippen LogP contribution in [0.3, 0.4) is 0 Å². The summed E-state index contributed by atoms with van der Waals surface area (Å²) in [7, 11) is 0. The Morgan fingerprint density at radius 1 is 1.32 bits per heavy atom. The molecule has 1 fully saturated rings. The van der Waals surface area contributed by atoms with Crippen molar-refractivity contribution in [2.24, 2.45) is 0 Å². The first-order valence-corrected chi connectivity index (χ1v) is 9.37. The van der Waals surface area contributed by atoms with Crippen LogP contribution in [0, 0.1) is 0 Å². The highest BCUT2D eigenvalue weighted by atomic mass is 32.2. The molecule has 104 valence electrons. The highest BCUT2D eigenvalue weighted by molar-refractivity contribution is 8.06. The minimum absolute atomic E-state index is 0.509. The van der Waals surface area contributed by atoms with E-state index in [4.69, 9.17) is 9.97 Å². The van der Waals surface area contributed by atoms with Gasteiger partial charge in [-0.05, 0) is 6.42 Å². The molecule has 1 N–H and O–H groups in total. The second-order valence-corrected chi connectivity index (χ2v) is 7.53. The standard InChI is InChI=1S/C14H21N3S2/c1-2-3-11-10-8-15-5-4-12(10)17-14(16-11)13-9-18-6-7-19-13/h13,15H,2-9H2,1H3. The molecule has 1 atom stereocenters. The zero-order valence-electron chi connectivity index (χ0n) is 11.4. The Balaban J connectivity index is 1.93. The van der Waals surface area contributed by atoms with E-state index < -0.39 is 0 Å². The van der Waals surface area contributed by atoms with E-state index in [1.54, 1.807) is 0 Å². The number of aryl methyl sites for hydroxylation is 1. The van der Waals surface area contributed by atoms with E-state index in [9.17, 15) is 0 Å². The molecule has 0 amide bonds. The van der Waals surface area contributed by atoms with Crippen LogP contribution in [0.15, 0.2) is 0 Å². The van der Waals surface area contributed by atoms with Gasteiger partial charge in [-0.25, -0.2) is 9.97 Å². The summed E-state index contributed by atoms with van der Waals surface area (Å²) in [6.45, 7) is 4.24. The Morgan fingerprint density at radius 2 is 2.26 bits per heavy atom. The highest BCUT2D eigenvalue weighted by Gasteiger charge is 2.23. The average Bonchev–Trinajstić information content (AvgIpc) is 2.48. The number of hydrogen-bond donors (Lipinski definition) is 1. The summed E-state index contributed by atoms with van der Waals surface area (Å²) >= 11 is 4.07. The van der Waals surface area contributed by atoms with E-state index in [0.717, 1.165) is 38.2 Å². The van der Waals surface area contributed by atoms with Gasteiger partial charge in [0.25, 0.3) is 0 Å². The van der Waals surface area contributed by atoms with Gasteiger partial charge in [0.15, 0.2) is 0 Å². The zero-order valence-corrected chi connectivity index (χ0v) is 13.1. The fourth-order valence-corrected chi connectivity index (χ4v) is 5.26. The molecule has 2 aliphatic heterocycles. The number of thioether (sulfide) groups is 2. The van der Waals surface area contributed by atoms with Gasteiger partial charge in [0.1, 0.15) is 5.82 Å². The van der Waals surface area contributed by atoms with Crippen LogP contribution >= 0.6 is 23.5 Å². The minimum atomic E-state index is 0.509. The Morgan fingerprint density at radius 3 is 3.05 bits per heavy atom. The van der Waals surface area contributed by atoms with E-state index >= 15 is 0 Å². The van der Waals surface area contributed by atoms with Crippen molar-refractivity contribution in [3.63, 3.8) is 0 Å². The van der Waals surface area contributed by atoms with Gasteiger partial charge in [-0.3, -0.25) is 0 Å². The molecule has 1 aromatic heterocycles. The first-order valence-electron chi connectivity index (χ1n) is 7.17. The van der Waals surface area contributed by atoms with Crippen LogP contribution in [-0.4, -0.2) is 33.8 Å². The zero-order chi connectivity index (χ0) is 13.1. The summed E-state index contributed by atoms with van der Waals surface area (Å²) in [5.74, 6) is 4.78. The van der Waals surface area contributed by atoms with Crippen molar-refractivity contribution in [2.45, 2.75) is 38.0 Å². The number of rotatable bonds is 3. The number of aromatic nitrogens is 2. The third-order valence-electron chi connectivity index (χ3n) is 3.63. The third-order valence-corrected chi connectivity index (χ3v) is 6.38. The van der Waals surface area contributed by atoms with Gasteiger partial charge in [-0.15, -0.1) is 11.8 Å². The van der Waals surface area contributed by atoms with Crippen LogP contribution in [-0.2, 0) is 19.4 Å². The summed E-state index contributed by atoms with van der Waals surface area (Å²) in [5, 5.41) is 3.96. The van der Waals surface area contributed by atoms with Gasteiger partial charge < -0.3 is 5.32 Å². The second-order valence-electron chi connectivity index (χ2n) is 5.06. The van der Waals surface area contributed by atoms with Crippen LogP contribution in [0.4, 0.5) is 0 Å². The second kappa shape index (κ2) is 6.46. The normalized spacial score (nSPS) is 23.1. The lowest BCUT2D eigenvalue weighted by atomic mass is 10.0. The summed E-state index contributed by atoms with van der Waals surface area (Å²) in [6.07, 6.45) is 3.31. The predicted octanol–water partition coefficient (Wildman–Crippen LogP) is 2.60. The number of nitrogens with zero attached hydrogens (tertiary/aromatic N) is 2. The molecule has 3 nitrogen and oxygen atoms in total. The van der Waals surface area contributed by atoms with Crippen molar-refractivity contribution < 1.29 is 0 Å². The lowest BCUT2D eigenvalue weighted by Gasteiger charge is -2.24. The fourth-order valence-electron chi connectivity index (χ4n) is 2.66. The summed E-state index contributed by atoms with van der Waals surface area (Å²) < 4.78 is 0. The Labute approximate surface area is 123 Å². The average molecular weight is 295 g/mol. The maximum atomic E-state index is 4.91. The van der Waals surface area contributed by atoms with Crippen LogP contribution < -0.4 is 5.32 Å². The van der Waals surface area contributed by atoms with Gasteiger partial charge in [0, 0.05) is 48.0 Å². The fraction of sp³-hybridized carbons (Fsp3) is 0.714. The Hall–Kier alpha value is -0.260. The van der Waals surface area contributed by atoms with E-state index in [1.807, 2.05) is 23.5 Å². The third kappa shape index (κ3) is 3.09. The van der Waals surface area contributed by atoms with Crippen LogP contribution in [0.2, 0.25) is 0 Å². The molecule has 0 aromatic carbocycles. The quantitative estimate of drug-likeness (QED) is 0.928. The monoisotopic (exact) mass is 295 g/mol. The van der Waals surface area contributed by atoms with Crippen molar-refractivity contribution in [2.75, 3.05) is 23.8 Å². The van der Waals surface area contributed by atoms with Crippen LogP contribution in [0.1, 0.15) is 41.4 Å². The summed E-state index contributed by atoms with van der Waals surface area (Å²) in [6, 6.07) is 0. The number of nitrogens with one attached hydrogen (secondary N) is 1. The first-order chi connectivity index (χ1) is 9.38. The molecular formula is C14H21N3S2. The van der Waals surface area contributed by atoms with E-state index in [0.29, 0.717) is 5.25 Å². The van der Waals surface area contributed by atoms with Crippen molar-refractivity contribution in [1.82, 2.24) is 15.3 Å². The largest absolute Gasteiger partial charge is 0.312 e.